The number of carbonyl (C=O) groups is 1. The van der Waals surface area contributed by atoms with Gasteiger partial charge in [0.05, 0.1) is 10.3 Å². The van der Waals surface area contributed by atoms with Crippen molar-refractivity contribution in [1.82, 2.24) is 0 Å². The molecule has 0 amide bonds. The lowest BCUT2D eigenvalue weighted by atomic mass is 10.0. The predicted octanol–water partition coefficient (Wildman–Crippen LogP) is 6.24. The smallest absolute Gasteiger partial charge is 0.336 e. The molecule has 0 N–H and O–H groups in total. The number of carbonyl (C=O) groups excluding carboxylic acids is 1. The molecular formula is C27H21NO7. The Morgan fingerprint density at radius 1 is 1.03 bits per heavy atom. The number of fused-ring (bicyclic) bond motifs is 1. The maximum absolute atomic E-state index is 12.9. The van der Waals surface area contributed by atoms with Crippen LogP contribution in [0.3, 0.4) is 0 Å². The Morgan fingerprint density at radius 2 is 1.83 bits per heavy atom. The highest BCUT2D eigenvalue weighted by Crippen LogP contribution is 2.30. The Hall–Kier alpha value is -4.72. The van der Waals surface area contributed by atoms with Gasteiger partial charge in [0.2, 0.25) is 11.2 Å². The van der Waals surface area contributed by atoms with E-state index >= 15 is 0 Å². The van der Waals surface area contributed by atoms with Crippen LogP contribution in [0.4, 0.5) is 5.69 Å². The number of ether oxygens (including phenoxy) is 2. The van der Waals surface area contributed by atoms with E-state index in [1.807, 2.05) is 32.0 Å². The van der Waals surface area contributed by atoms with E-state index in [4.69, 9.17) is 13.9 Å². The van der Waals surface area contributed by atoms with Gasteiger partial charge in [0.25, 0.3) is 5.69 Å². The molecule has 8 heteroatoms. The number of nitro benzene ring substituents is 1. The second-order valence-electron chi connectivity index (χ2n) is 7.99. The van der Waals surface area contributed by atoms with Crippen molar-refractivity contribution in [3.05, 3.63) is 111 Å². The first-order chi connectivity index (χ1) is 16.8. The summed E-state index contributed by atoms with van der Waals surface area (Å²) in [5.74, 6) is 0.323. The van der Waals surface area contributed by atoms with Crippen molar-refractivity contribution in [3.8, 4) is 17.2 Å². The van der Waals surface area contributed by atoms with Crippen molar-refractivity contribution < 1.29 is 23.6 Å². The molecule has 0 saturated heterocycles. The van der Waals surface area contributed by atoms with Gasteiger partial charge in [0, 0.05) is 24.3 Å². The summed E-state index contributed by atoms with van der Waals surface area (Å²) < 4.78 is 16.7. The molecule has 1 heterocycles. The molecule has 0 aliphatic rings. The number of rotatable bonds is 7. The van der Waals surface area contributed by atoms with Crippen LogP contribution in [0.25, 0.3) is 17.0 Å². The van der Waals surface area contributed by atoms with E-state index in [1.54, 1.807) is 12.1 Å². The molecule has 3 aromatic carbocycles. The molecule has 176 valence electrons. The van der Waals surface area contributed by atoms with Crippen molar-refractivity contribution in [3.63, 3.8) is 0 Å². The number of hydrogen-bond donors (Lipinski definition) is 0. The van der Waals surface area contributed by atoms with E-state index in [9.17, 15) is 19.7 Å². The highest BCUT2D eigenvalue weighted by atomic mass is 16.6. The van der Waals surface area contributed by atoms with Gasteiger partial charge >= 0.3 is 5.97 Å². The zero-order valence-electron chi connectivity index (χ0n) is 19.0. The third-order valence-electron chi connectivity index (χ3n) is 5.19. The average Bonchev–Trinajstić information content (AvgIpc) is 2.85. The molecule has 1 aromatic heterocycles. The van der Waals surface area contributed by atoms with E-state index in [0.717, 1.165) is 11.6 Å². The van der Waals surface area contributed by atoms with E-state index in [2.05, 4.69) is 0 Å². The van der Waals surface area contributed by atoms with E-state index < -0.39 is 10.9 Å². The first-order valence-corrected chi connectivity index (χ1v) is 10.8. The maximum atomic E-state index is 12.9. The second-order valence-corrected chi connectivity index (χ2v) is 7.99. The van der Waals surface area contributed by atoms with Crippen LogP contribution in [0.5, 0.6) is 17.2 Å². The zero-order chi connectivity index (χ0) is 24.9. The maximum Gasteiger partial charge on any atom is 0.336 e. The van der Waals surface area contributed by atoms with Crippen LogP contribution in [-0.4, -0.2) is 10.9 Å². The molecule has 4 aromatic rings. The van der Waals surface area contributed by atoms with Crippen LogP contribution in [0.1, 0.15) is 30.9 Å². The van der Waals surface area contributed by atoms with Crippen LogP contribution in [-0.2, 0) is 4.79 Å². The molecule has 0 atom stereocenters. The number of hydrogen-bond acceptors (Lipinski definition) is 7. The van der Waals surface area contributed by atoms with E-state index in [0.29, 0.717) is 11.3 Å². The highest BCUT2D eigenvalue weighted by molar-refractivity contribution is 5.89. The molecule has 0 bridgehead atoms. The molecule has 4 rings (SSSR count). The second kappa shape index (κ2) is 10.0. The number of para-hydroxylation sites is 1. The van der Waals surface area contributed by atoms with Gasteiger partial charge in [-0.2, -0.15) is 0 Å². The van der Waals surface area contributed by atoms with Crippen molar-refractivity contribution >= 4 is 28.7 Å². The largest absolute Gasteiger partial charge is 0.460 e. The molecular weight excluding hydrogens is 450 g/mol. The number of non-ortho nitro benzene ring substituents is 1. The minimum Gasteiger partial charge on any atom is -0.460 e. The normalized spacial score (nSPS) is 11.2. The number of nitro groups is 1. The first-order valence-electron chi connectivity index (χ1n) is 10.8. The van der Waals surface area contributed by atoms with Gasteiger partial charge in [-0.15, -0.1) is 0 Å². The molecule has 8 nitrogen and oxygen atoms in total. The monoisotopic (exact) mass is 471 g/mol. The third-order valence-corrected chi connectivity index (χ3v) is 5.19. The summed E-state index contributed by atoms with van der Waals surface area (Å²) in [7, 11) is 0. The molecule has 0 aliphatic carbocycles. The molecule has 0 fully saturated rings. The van der Waals surface area contributed by atoms with Gasteiger partial charge < -0.3 is 13.9 Å². The summed E-state index contributed by atoms with van der Waals surface area (Å²) in [4.78, 5) is 35.5. The fourth-order valence-electron chi connectivity index (χ4n) is 3.45. The lowest BCUT2D eigenvalue weighted by Gasteiger charge is -2.13. The SMILES string of the molecule is CC(C)c1ccccc1Oc1coc2cc(OC(=O)/C=C/c3cccc([N+](=O)[O-])c3)ccc2c1=O. The van der Waals surface area contributed by atoms with Gasteiger partial charge in [-0.3, -0.25) is 14.9 Å². The van der Waals surface area contributed by atoms with Crippen LogP contribution < -0.4 is 14.9 Å². The van der Waals surface area contributed by atoms with E-state index in [1.165, 1.54) is 48.7 Å². The zero-order valence-corrected chi connectivity index (χ0v) is 19.0. The summed E-state index contributed by atoms with van der Waals surface area (Å²) in [5.41, 5.74) is 1.24. The van der Waals surface area contributed by atoms with Crippen molar-refractivity contribution in [2.24, 2.45) is 0 Å². The van der Waals surface area contributed by atoms with Crippen molar-refractivity contribution in [2.75, 3.05) is 0 Å². The fraction of sp³-hybridized carbons (Fsp3) is 0.111. The average molecular weight is 471 g/mol. The van der Waals surface area contributed by atoms with Gasteiger partial charge in [-0.25, -0.2) is 4.79 Å². The Kier molecular flexibility index (Phi) is 6.73. The number of benzene rings is 3. The summed E-state index contributed by atoms with van der Waals surface area (Å²) >= 11 is 0. The fourth-order valence-corrected chi connectivity index (χ4v) is 3.45. The summed E-state index contributed by atoms with van der Waals surface area (Å²) in [5, 5.41) is 11.1. The molecule has 0 unspecified atom stereocenters. The van der Waals surface area contributed by atoms with E-state index in [-0.39, 0.29) is 39.5 Å². The Morgan fingerprint density at radius 3 is 2.60 bits per heavy atom. The lowest BCUT2D eigenvalue weighted by Crippen LogP contribution is -2.07. The molecule has 0 radical (unpaired) electrons. The van der Waals surface area contributed by atoms with Crippen LogP contribution >= 0.6 is 0 Å². The molecule has 35 heavy (non-hydrogen) atoms. The predicted molar refractivity (Wildman–Crippen MR) is 131 cm³/mol. The van der Waals surface area contributed by atoms with Crippen LogP contribution in [0, 0.1) is 10.1 Å². The quantitative estimate of drug-likeness (QED) is 0.103. The Balaban J connectivity index is 1.51. The van der Waals surface area contributed by atoms with Crippen LogP contribution in [0.15, 0.2) is 88.3 Å². The van der Waals surface area contributed by atoms with Crippen molar-refractivity contribution in [1.29, 1.82) is 0 Å². The minimum absolute atomic E-state index is 0.0511. The number of nitrogens with zero attached hydrogens (tertiary/aromatic N) is 1. The van der Waals surface area contributed by atoms with Crippen molar-refractivity contribution in [2.45, 2.75) is 19.8 Å². The standard InChI is InChI=1S/C27H21NO7/c1-17(2)21-8-3-4-9-23(21)35-25-16-33-24-15-20(11-12-22(24)27(25)30)34-26(29)13-10-18-6-5-7-19(14-18)28(31)32/h3-17H,1-2H3/b13-10+. The lowest BCUT2D eigenvalue weighted by molar-refractivity contribution is -0.384. The third kappa shape index (κ3) is 5.44. The summed E-state index contributed by atoms with van der Waals surface area (Å²) in [6, 6.07) is 17.7. The minimum atomic E-state index is -0.691. The number of esters is 1. The Labute approximate surface area is 200 Å². The topological polar surface area (TPSA) is 109 Å². The highest BCUT2D eigenvalue weighted by Gasteiger charge is 2.14. The van der Waals surface area contributed by atoms with Gasteiger partial charge in [-0.1, -0.05) is 44.2 Å². The van der Waals surface area contributed by atoms with Gasteiger partial charge in [0.1, 0.15) is 23.3 Å². The van der Waals surface area contributed by atoms with Gasteiger partial charge in [0.15, 0.2) is 0 Å². The molecule has 0 saturated carbocycles. The van der Waals surface area contributed by atoms with Gasteiger partial charge in [-0.05, 0) is 41.3 Å². The first kappa shape index (κ1) is 23.4. The molecule has 0 spiro atoms. The Bertz CT molecular complexity index is 1500. The molecule has 0 aliphatic heterocycles. The van der Waals surface area contributed by atoms with Crippen LogP contribution in [0.2, 0.25) is 0 Å². The summed E-state index contributed by atoms with van der Waals surface area (Å²) in [6.45, 7) is 4.07. The summed E-state index contributed by atoms with van der Waals surface area (Å²) in [6.07, 6.45) is 3.80.